The average Bonchev–Trinajstić information content (AvgIpc) is 3.60. The van der Waals surface area contributed by atoms with Crippen LogP contribution < -0.4 is 30.5 Å². The number of nitrogens with zero attached hydrogens (tertiary/aromatic N) is 2. The monoisotopic (exact) mass is 782 g/mol. The van der Waals surface area contributed by atoms with E-state index in [9.17, 15) is 0 Å². The minimum absolute atomic E-state index is 1.18. The zero-order valence-electron chi connectivity index (χ0n) is 34.9. The Balaban J connectivity index is 1.16. The molecule has 0 fully saturated rings. The van der Waals surface area contributed by atoms with Crippen LogP contribution in [0.1, 0.15) is 22.3 Å². The van der Waals surface area contributed by atoms with Gasteiger partial charge in [-0.15, -0.1) is 0 Å². The van der Waals surface area contributed by atoms with E-state index in [4.69, 9.17) is 0 Å². The van der Waals surface area contributed by atoms with E-state index in [1.54, 1.807) is 10.4 Å². The molecule has 0 saturated carbocycles. The summed E-state index contributed by atoms with van der Waals surface area (Å²) < 4.78 is 0. The Bertz CT molecular complexity index is 2610. The van der Waals surface area contributed by atoms with E-state index in [2.05, 4.69) is 221 Å². The number of aryl methyl sites for hydroxylation is 4. The summed E-state index contributed by atoms with van der Waals surface area (Å²) in [5.74, 6) is 0. The molecule has 0 aromatic heterocycles. The van der Waals surface area contributed by atoms with Gasteiger partial charge in [-0.3, -0.25) is 0 Å². The van der Waals surface area contributed by atoms with Crippen LogP contribution in [0.25, 0.3) is 33.0 Å². The van der Waals surface area contributed by atoms with Gasteiger partial charge in [0.1, 0.15) is 16.1 Å². The molecule has 0 radical (unpaired) electrons. The zero-order chi connectivity index (χ0) is 40.1. The first-order valence-corrected chi connectivity index (χ1v) is 26.7. The quantitative estimate of drug-likeness (QED) is 0.155. The van der Waals surface area contributed by atoms with Gasteiger partial charge < -0.3 is 9.80 Å². The molecule has 0 atom stereocenters. The van der Waals surface area contributed by atoms with Crippen molar-refractivity contribution in [1.29, 1.82) is 0 Å². The minimum atomic E-state index is -2.23. The molecule has 284 valence electrons. The molecule has 0 amide bonds. The van der Waals surface area contributed by atoms with Gasteiger partial charge in [-0.25, -0.2) is 0 Å². The fraction of sp³-hybridized carbons (Fsp3) is 0.148. The number of anilines is 6. The summed E-state index contributed by atoms with van der Waals surface area (Å²) in [7, 11) is -4.47. The molecule has 0 bridgehead atoms. The molecule has 0 spiro atoms. The Morgan fingerprint density at radius 3 is 0.897 bits per heavy atom. The second-order valence-corrected chi connectivity index (χ2v) is 26.3. The van der Waals surface area contributed by atoms with Crippen LogP contribution in [0.5, 0.6) is 0 Å². The Labute approximate surface area is 346 Å². The van der Waals surface area contributed by atoms with Crippen LogP contribution >= 0.6 is 0 Å². The summed E-state index contributed by atoms with van der Waals surface area (Å²) in [6.45, 7) is 19.1. The first-order chi connectivity index (χ1) is 27.9. The van der Waals surface area contributed by atoms with E-state index in [1.165, 1.54) is 99.8 Å². The second-order valence-electron chi connectivity index (χ2n) is 17.8. The van der Waals surface area contributed by atoms with Crippen molar-refractivity contribution in [2.75, 3.05) is 9.80 Å². The fourth-order valence-corrected chi connectivity index (χ4v) is 18.5. The van der Waals surface area contributed by atoms with Crippen LogP contribution in [0.3, 0.4) is 0 Å². The van der Waals surface area contributed by atoms with Gasteiger partial charge in [0.05, 0.1) is 0 Å². The van der Waals surface area contributed by atoms with Crippen LogP contribution in [0.15, 0.2) is 158 Å². The maximum absolute atomic E-state index is 2.62. The maximum Gasteiger partial charge on any atom is 0.113 e. The highest BCUT2D eigenvalue weighted by molar-refractivity contribution is 7.13. The lowest BCUT2D eigenvalue weighted by atomic mass is 9.92. The summed E-state index contributed by atoms with van der Waals surface area (Å²) in [6.07, 6.45) is 0. The normalized spacial score (nSPS) is 14.1. The highest BCUT2D eigenvalue weighted by atomic mass is 28.3. The van der Waals surface area contributed by atoms with Crippen molar-refractivity contribution >= 4 is 81.8 Å². The van der Waals surface area contributed by atoms with Crippen LogP contribution in [0.4, 0.5) is 34.1 Å². The van der Waals surface area contributed by atoms with Crippen molar-refractivity contribution in [3.05, 3.63) is 180 Å². The predicted octanol–water partition coefficient (Wildman–Crippen LogP) is 12.6. The Morgan fingerprint density at radius 1 is 0.328 bits per heavy atom. The van der Waals surface area contributed by atoms with Gasteiger partial charge >= 0.3 is 0 Å². The molecule has 8 aromatic carbocycles. The fourth-order valence-electron chi connectivity index (χ4n) is 10.00. The van der Waals surface area contributed by atoms with Crippen molar-refractivity contribution in [3.63, 3.8) is 0 Å². The molecule has 58 heavy (non-hydrogen) atoms. The van der Waals surface area contributed by atoms with Crippen LogP contribution in [-0.2, 0) is 0 Å². The summed E-state index contributed by atoms with van der Waals surface area (Å²) in [6, 6.07) is 59.9. The SMILES string of the molecule is Cc1ccc(N(c2ccc(C)cc2)c2ccc3c(c2)[Si](C)(C)c2c4c(c5ccccc5c2-3)-c2ccc(N(c3ccc(C)cc3)c3ccc(C)cc3)cc2[Si]4(C)C)cc1. The molecular weight excluding hydrogens is 733 g/mol. The van der Waals surface area contributed by atoms with Gasteiger partial charge in [-0.05, 0) is 154 Å². The Morgan fingerprint density at radius 2 is 0.603 bits per heavy atom. The first kappa shape index (κ1) is 36.4. The third kappa shape index (κ3) is 5.57. The Hall–Kier alpha value is -5.95. The van der Waals surface area contributed by atoms with E-state index in [0.717, 1.165) is 0 Å². The predicted molar refractivity (Wildman–Crippen MR) is 257 cm³/mol. The van der Waals surface area contributed by atoms with Gasteiger partial charge in [0.25, 0.3) is 0 Å². The van der Waals surface area contributed by atoms with Crippen molar-refractivity contribution in [1.82, 2.24) is 0 Å². The van der Waals surface area contributed by atoms with E-state index in [0.29, 0.717) is 0 Å². The van der Waals surface area contributed by atoms with Gasteiger partial charge in [-0.2, -0.15) is 0 Å². The number of rotatable bonds is 6. The molecular formula is C54H50N2Si2. The number of hydrogen-bond acceptors (Lipinski definition) is 2. The van der Waals surface area contributed by atoms with Crippen LogP contribution in [0.2, 0.25) is 26.2 Å². The molecule has 0 unspecified atom stereocenters. The highest BCUT2D eigenvalue weighted by Gasteiger charge is 2.49. The molecule has 0 saturated heterocycles. The van der Waals surface area contributed by atoms with Crippen molar-refractivity contribution in [3.8, 4) is 22.3 Å². The van der Waals surface area contributed by atoms with E-state index >= 15 is 0 Å². The highest BCUT2D eigenvalue weighted by Crippen LogP contribution is 2.45. The molecule has 0 N–H and O–H groups in total. The van der Waals surface area contributed by atoms with E-state index in [1.807, 2.05) is 0 Å². The second kappa shape index (κ2) is 13.3. The van der Waals surface area contributed by atoms with E-state index < -0.39 is 16.1 Å². The van der Waals surface area contributed by atoms with E-state index in [-0.39, 0.29) is 0 Å². The summed E-state index contributed by atoms with van der Waals surface area (Å²) >= 11 is 0. The minimum Gasteiger partial charge on any atom is -0.311 e. The van der Waals surface area contributed by atoms with Crippen LogP contribution in [-0.4, -0.2) is 16.1 Å². The lowest BCUT2D eigenvalue weighted by molar-refractivity contribution is 1.27. The average molecular weight is 783 g/mol. The lowest BCUT2D eigenvalue weighted by Gasteiger charge is -2.30. The molecule has 2 nitrogen and oxygen atoms in total. The van der Waals surface area contributed by atoms with Gasteiger partial charge in [-0.1, -0.05) is 133 Å². The van der Waals surface area contributed by atoms with Crippen molar-refractivity contribution in [2.45, 2.75) is 53.9 Å². The smallest absolute Gasteiger partial charge is 0.113 e. The Kier molecular flexibility index (Phi) is 8.35. The van der Waals surface area contributed by atoms with Crippen molar-refractivity contribution in [2.24, 2.45) is 0 Å². The molecule has 10 rings (SSSR count). The maximum atomic E-state index is 2.62. The molecule has 2 aliphatic rings. The summed E-state index contributed by atoms with van der Waals surface area (Å²) in [5.41, 5.74) is 18.1. The summed E-state index contributed by atoms with van der Waals surface area (Å²) in [4.78, 5) is 4.89. The van der Waals surface area contributed by atoms with Crippen molar-refractivity contribution < 1.29 is 0 Å². The summed E-state index contributed by atoms with van der Waals surface area (Å²) in [5, 5.41) is 9.17. The number of benzene rings is 8. The number of hydrogen-bond donors (Lipinski definition) is 0. The third-order valence-corrected chi connectivity index (χ3v) is 20.3. The number of fused-ring (bicyclic) bond motifs is 10. The lowest BCUT2D eigenvalue weighted by Crippen LogP contribution is -2.63. The molecule has 8 aromatic rings. The molecule has 2 aliphatic heterocycles. The zero-order valence-corrected chi connectivity index (χ0v) is 36.9. The van der Waals surface area contributed by atoms with Gasteiger partial charge in [0.2, 0.25) is 0 Å². The topological polar surface area (TPSA) is 6.48 Å². The molecule has 2 heterocycles. The largest absolute Gasteiger partial charge is 0.311 e. The van der Waals surface area contributed by atoms with Crippen LogP contribution in [0, 0.1) is 27.7 Å². The molecule has 4 heteroatoms. The first-order valence-electron chi connectivity index (χ1n) is 20.7. The third-order valence-electron chi connectivity index (χ3n) is 13.0. The van der Waals surface area contributed by atoms with Gasteiger partial charge in [0.15, 0.2) is 0 Å². The standard InChI is InChI=1S/C54H50N2Si2/c1-35-13-21-39(22-14-35)55(40-23-15-36(2)16-24-40)43-29-31-47-49(33-43)57(5,6)53-51(47)45-11-9-10-12-46(45)52-48-32-30-44(34-50(48)58(7,8)54(52)53)56(41-25-17-37(3)18-26-41)42-27-19-38(4)20-28-42/h9-34H,1-8H3. The molecule has 0 aliphatic carbocycles. The van der Waals surface area contributed by atoms with Gasteiger partial charge in [0, 0.05) is 34.1 Å².